The Hall–Kier alpha value is -2.64. The van der Waals surface area contributed by atoms with Gasteiger partial charge in [0, 0.05) is 5.02 Å². The van der Waals surface area contributed by atoms with Crippen molar-refractivity contribution in [3.63, 3.8) is 0 Å². The summed E-state index contributed by atoms with van der Waals surface area (Å²) < 4.78 is 16.2. The van der Waals surface area contributed by atoms with E-state index in [2.05, 4.69) is 10.9 Å². The minimum Gasteiger partial charge on any atom is -0.493 e. The molecule has 0 saturated carbocycles. The fraction of sp³-hybridized carbons (Fsp3) is 0.263. The van der Waals surface area contributed by atoms with Gasteiger partial charge in [-0.25, -0.2) is 0 Å². The molecular formula is C19H20Cl2N2O5. The number of methoxy groups -OCH3 is 1. The van der Waals surface area contributed by atoms with Gasteiger partial charge in [0.05, 0.1) is 12.1 Å². The maximum Gasteiger partial charge on any atom is 0.279 e. The summed E-state index contributed by atoms with van der Waals surface area (Å²) >= 11 is 11.8. The van der Waals surface area contributed by atoms with E-state index in [1.54, 1.807) is 43.3 Å². The van der Waals surface area contributed by atoms with Gasteiger partial charge in [-0.15, -0.1) is 0 Å². The van der Waals surface area contributed by atoms with E-state index >= 15 is 0 Å². The highest BCUT2D eigenvalue weighted by Gasteiger charge is 2.20. The minimum absolute atomic E-state index is 0.273. The summed E-state index contributed by atoms with van der Waals surface area (Å²) in [5.74, 6) is 0.0915. The van der Waals surface area contributed by atoms with Gasteiger partial charge in [0.2, 0.25) is 0 Å². The van der Waals surface area contributed by atoms with E-state index < -0.39 is 24.0 Å². The molecule has 28 heavy (non-hydrogen) atoms. The summed E-state index contributed by atoms with van der Waals surface area (Å²) in [4.78, 5) is 24.3. The topological polar surface area (TPSA) is 85.9 Å². The van der Waals surface area contributed by atoms with Crippen LogP contribution in [0.1, 0.15) is 13.8 Å². The maximum absolute atomic E-state index is 12.2. The van der Waals surface area contributed by atoms with E-state index in [-0.39, 0.29) is 5.02 Å². The average molecular weight is 427 g/mol. The molecule has 0 heterocycles. The molecule has 0 fully saturated rings. The zero-order chi connectivity index (χ0) is 20.7. The quantitative estimate of drug-likeness (QED) is 0.662. The third-order valence-corrected chi connectivity index (χ3v) is 4.15. The Bertz CT molecular complexity index is 847. The van der Waals surface area contributed by atoms with Crippen LogP contribution in [0.3, 0.4) is 0 Å². The van der Waals surface area contributed by atoms with E-state index in [1.807, 2.05) is 0 Å². The van der Waals surface area contributed by atoms with E-state index in [1.165, 1.54) is 20.1 Å². The molecule has 9 heteroatoms. The molecule has 7 nitrogen and oxygen atoms in total. The van der Waals surface area contributed by atoms with Crippen molar-refractivity contribution >= 4 is 35.0 Å². The monoisotopic (exact) mass is 426 g/mol. The van der Waals surface area contributed by atoms with Crippen LogP contribution in [-0.4, -0.2) is 31.1 Å². The predicted molar refractivity (Wildman–Crippen MR) is 106 cm³/mol. The molecule has 0 bridgehead atoms. The van der Waals surface area contributed by atoms with Crippen LogP contribution in [0.2, 0.25) is 10.0 Å². The minimum atomic E-state index is -0.913. The smallest absolute Gasteiger partial charge is 0.279 e. The summed E-state index contributed by atoms with van der Waals surface area (Å²) in [6, 6.07) is 11.6. The van der Waals surface area contributed by atoms with Gasteiger partial charge in [-0.1, -0.05) is 35.3 Å². The highest BCUT2D eigenvalue weighted by atomic mass is 35.5. The number of rotatable bonds is 7. The number of carbonyl (C=O) groups is 2. The molecule has 0 aliphatic heterocycles. The number of benzene rings is 2. The first-order valence-corrected chi connectivity index (χ1v) is 9.08. The lowest BCUT2D eigenvalue weighted by Crippen LogP contribution is -2.50. The molecule has 0 spiro atoms. The lowest BCUT2D eigenvalue weighted by atomic mass is 10.3. The first-order valence-electron chi connectivity index (χ1n) is 8.33. The van der Waals surface area contributed by atoms with Crippen LogP contribution in [-0.2, 0) is 9.59 Å². The zero-order valence-corrected chi connectivity index (χ0v) is 17.0. The molecule has 0 saturated heterocycles. The number of amides is 2. The summed E-state index contributed by atoms with van der Waals surface area (Å²) in [6.07, 6.45) is -1.79. The molecule has 2 unspecified atom stereocenters. The van der Waals surface area contributed by atoms with Gasteiger partial charge in [-0.2, -0.15) is 0 Å². The molecule has 2 atom stereocenters. The van der Waals surface area contributed by atoms with Crippen molar-refractivity contribution in [1.29, 1.82) is 0 Å². The van der Waals surface area contributed by atoms with E-state index in [4.69, 9.17) is 37.4 Å². The van der Waals surface area contributed by atoms with Crippen LogP contribution >= 0.6 is 23.2 Å². The lowest BCUT2D eigenvalue weighted by molar-refractivity contribution is -0.135. The lowest BCUT2D eigenvalue weighted by Gasteiger charge is -2.19. The number of carbonyl (C=O) groups excluding carboxylic acids is 2. The third kappa shape index (κ3) is 5.94. The molecule has 2 aromatic rings. The second-order valence-electron chi connectivity index (χ2n) is 5.72. The number of halogens is 2. The van der Waals surface area contributed by atoms with E-state index in [9.17, 15) is 9.59 Å². The molecule has 2 rings (SSSR count). The summed E-state index contributed by atoms with van der Waals surface area (Å²) in [5, 5.41) is 0.723. The fourth-order valence-corrected chi connectivity index (χ4v) is 2.55. The molecule has 2 aromatic carbocycles. The van der Waals surface area contributed by atoms with Crippen molar-refractivity contribution in [3.05, 3.63) is 52.5 Å². The van der Waals surface area contributed by atoms with Gasteiger partial charge in [0.1, 0.15) is 5.75 Å². The van der Waals surface area contributed by atoms with Crippen LogP contribution in [0.4, 0.5) is 0 Å². The summed E-state index contributed by atoms with van der Waals surface area (Å²) in [6.45, 7) is 3.06. The first kappa shape index (κ1) is 21.7. The molecule has 0 aliphatic rings. The van der Waals surface area contributed by atoms with Crippen molar-refractivity contribution < 1.29 is 23.8 Å². The van der Waals surface area contributed by atoms with Crippen molar-refractivity contribution in [1.82, 2.24) is 10.9 Å². The highest BCUT2D eigenvalue weighted by Crippen LogP contribution is 2.28. The standard InChI is InChI=1S/C19H20Cl2N2O5/c1-11(27-15-9-8-13(20)10-14(15)21)18(24)22-23-19(25)12(2)28-17-7-5-4-6-16(17)26-3/h4-12H,1-3H3,(H,22,24)(H,23,25). The highest BCUT2D eigenvalue weighted by molar-refractivity contribution is 6.35. The predicted octanol–water partition coefficient (Wildman–Crippen LogP) is 3.38. The van der Waals surface area contributed by atoms with Gasteiger partial charge >= 0.3 is 0 Å². The second-order valence-corrected chi connectivity index (χ2v) is 6.57. The number of para-hydroxylation sites is 2. The molecule has 2 amide bonds. The SMILES string of the molecule is COc1ccccc1OC(C)C(=O)NNC(=O)C(C)Oc1ccc(Cl)cc1Cl. The maximum atomic E-state index is 12.2. The van der Waals surface area contributed by atoms with E-state index in [0.717, 1.165) is 0 Å². The molecule has 0 radical (unpaired) electrons. The largest absolute Gasteiger partial charge is 0.493 e. The van der Waals surface area contributed by atoms with Crippen LogP contribution in [0.25, 0.3) is 0 Å². The summed E-state index contributed by atoms with van der Waals surface area (Å²) in [5.41, 5.74) is 4.58. The Kier molecular flexibility index (Phi) is 7.78. The molecule has 150 valence electrons. The van der Waals surface area contributed by atoms with Gasteiger partial charge in [-0.3, -0.25) is 20.4 Å². The van der Waals surface area contributed by atoms with Gasteiger partial charge in [0.15, 0.2) is 23.7 Å². The van der Waals surface area contributed by atoms with Crippen LogP contribution in [0.15, 0.2) is 42.5 Å². The zero-order valence-electron chi connectivity index (χ0n) is 15.5. The van der Waals surface area contributed by atoms with Crippen molar-refractivity contribution in [2.75, 3.05) is 7.11 Å². The molecule has 2 N–H and O–H groups in total. The van der Waals surface area contributed by atoms with Crippen molar-refractivity contribution in [2.45, 2.75) is 26.1 Å². The van der Waals surface area contributed by atoms with Crippen molar-refractivity contribution in [2.24, 2.45) is 0 Å². The number of ether oxygens (including phenoxy) is 3. The van der Waals surface area contributed by atoms with Crippen LogP contribution in [0, 0.1) is 0 Å². The van der Waals surface area contributed by atoms with Crippen LogP contribution < -0.4 is 25.1 Å². The number of nitrogens with one attached hydrogen (secondary N) is 2. The number of hydrogen-bond donors (Lipinski definition) is 2. The Balaban J connectivity index is 1.86. The van der Waals surface area contributed by atoms with E-state index in [0.29, 0.717) is 22.3 Å². The Morgan fingerprint density at radius 2 is 1.39 bits per heavy atom. The second kappa shape index (κ2) is 10.1. The van der Waals surface area contributed by atoms with Gasteiger partial charge < -0.3 is 14.2 Å². The first-order chi connectivity index (χ1) is 13.3. The summed E-state index contributed by atoms with van der Waals surface area (Å²) in [7, 11) is 1.50. The average Bonchev–Trinajstić information content (AvgIpc) is 2.68. The van der Waals surface area contributed by atoms with Gasteiger partial charge in [-0.05, 0) is 44.2 Å². The van der Waals surface area contributed by atoms with Crippen LogP contribution in [0.5, 0.6) is 17.2 Å². The van der Waals surface area contributed by atoms with Crippen molar-refractivity contribution in [3.8, 4) is 17.2 Å². The third-order valence-electron chi connectivity index (χ3n) is 3.62. The molecular weight excluding hydrogens is 407 g/mol. The van der Waals surface area contributed by atoms with Gasteiger partial charge in [0.25, 0.3) is 11.8 Å². The Morgan fingerprint density at radius 3 is 1.93 bits per heavy atom. The fourth-order valence-electron chi connectivity index (χ4n) is 2.10. The molecule has 0 aliphatic carbocycles. The normalized spacial score (nSPS) is 12.5. The number of hydrazine groups is 1. The Morgan fingerprint density at radius 1 is 0.857 bits per heavy atom. The number of hydrogen-bond acceptors (Lipinski definition) is 5. The Labute approximate surface area is 172 Å². The molecule has 0 aromatic heterocycles.